The topological polar surface area (TPSA) is 48.1 Å². The van der Waals surface area contributed by atoms with Gasteiger partial charge >= 0.3 is 0 Å². The number of thiazole rings is 1. The van der Waals surface area contributed by atoms with Crippen molar-refractivity contribution in [1.29, 1.82) is 0 Å². The van der Waals surface area contributed by atoms with Gasteiger partial charge in [-0.25, -0.2) is 4.98 Å². The molecule has 1 aromatic heterocycles. The molecule has 0 aliphatic rings. The van der Waals surface area contributed by atoms with Crippen LogP contribution in [0.2, 0.25) is 5.02 Å². The van der Waals surface area contributed by atoms with Crippen molar-refractivity contribution < 1.29 is 4.74 Å². The van der Waals surface area contributed by atoms with E-state index in [9.17, 15) is 0 Å². The standard InChI is InChI=1S/C10H9ClN2OS/c1-6-4-7(11)2-3-8(6)14-10-13-5-9(12)15-10/h2-5H,12H2,1H3. The Labute approximate surface area is 96.5 Å². The first kappa shape index (κ1) is 10.3. The van der Waals surface area contributed by atoms with E-state index in [0.717, 1.165) is 11.3 Å². The van der Waals surface area contributed by atoms with E-state index in [2.05, 4.69) is 4.98 Å². The maximum absolute atomic E-state index is 5.84. The Kier molecular flexibility index (Phi) is 2.79. The predicted molar refractivity (Wildman–Crippen MR) is 62.8 cm³/mol. The van der Waals surface area contributed by atoms with E-state index in [1.807, 2.05) is 19.1 Å². The predicted octanol–water partition coefficient (Wildman–Crippen LogP) is 3.48. The van der Waals surface area contributed by atoms with Crippen LogP contribution in [0, 0.1) is 6.92 Å². The molecule has 0 fully saturated rings. The fraction of sp³-hybridized carbons (Fsp3) is 0.100. The fourth-order valence-electron chi connectivity index (χ4n) is 1.14. The number of nitrogen functional groups attached to an aromatic ring is 1. The van der Waals surface area contributed by atoms with E-state index in [1.165, 1.54) is 11.3 Å². The smallest absolute Gasteiger partial charge is 0.280 e. The first-order chi connectivity index (χ1) is 7.15. The summed E-state index contributed by atoms with van der Waals surface area (Å²) in [5.41, 5.74) is 6.52. The molecule has 0 aliphatic carbocycles. The number of anilines is 1. The summed E-state index contributed by atoms with van der Waals surface area (Å²) < 4.78 is 5.55. The van der Waals surface area contributed by atoms with Gasteiger partial charge in [-0.15, -0.1) is 0 Å². The highest BCUT2D eigenvalue weighted by molar-refractivity contribution is 7.17. The molecular weight excluding hydrogens is 232 g/mol. The van der Waals surface area contributed by atoms with Crippen molar-refractivity contribution in [3.8, 4) is 10.9 Å². The van der Waals surface area contributed by atoms with Crippen LogP contribution in [0.3, 0.4) is 0 Å². The van der Waals surface area contributed by atoms with Gasteiger partial charge < -0.3 is 10.5 Å². The van der Waals surface area contributed by atoms with Crippen LogP contribution in [-0.2, 0) is 0 Å². The second kappa shape index (κ2) is 4.08. The molecule has 0 spiro atoms. The van der Waals surface area contributed by atoms with Crippen molar-refractivity contribution in [2.75, 3.05) is 5.73 Å². The number of nitrogens with zero attached hydrogens (tertiary/aromatic N) is 1. The number of hydrogen-bond donors (Lipinski definition) is 1. The molecule has 1 aromatic carbocycles. The van der Waals surface area contributed by atoms with Crippen molar-refractivity contribution in [3.63, 3.8) is 0 Å². The van der Waals surface area contributed by atoms with E-state index in [0.29, 0.717) is 15.2 Å². The number of aromatic nitrogens is 1. The largest absolute Gasteiger partial charge is 0.431 e. The minimum atomic E-state index is 0.540. The van der Waals surface area contributed by atoms with Crippen LogP contribution >= 0.6 is 22.9 Å². The maximum Gasteiger partial charge on any atom is 0.280 e. The zero-order valence-electron chi connectivity index (χ0n) is 8.03. The molecule has 78 valence electrons. The first-order valence-electron chi connectivity index (χ1n) is 4.30. The zero-order chi connectivity index (χ0) is 10.8. The van der Waals surface area contributed by atoms with E-state index in [-0.39, 0.29) is 0 Å². The molecule has 2 rings (SSSR count). The highest BCUT2D eigenvalue weighted by Gasteiger charge is 2.05. The van der Waals surface area contributed by atoms with Crippen LogP contribution in [-0.4, -0.2) is 4.98 Å². The van der Waals surface area contributed by atoms with E-state index in [4.69, 9.17) is 22.1 Å². The number of ether oxygens (including phenoxy) is 1. The molecule has 0 atom stereocenters. The number of halogens is 1. The molecule has 3 nitrogen and oxygen atoms in total. The van der Waals surface area contributed by atoms with Gasteiger partial charge in [0.05, 0.1) is 6.20 Å². The highest BCUT2D eigenvalue weighted by atomic mass is 35.5. The molecule has 0 radical (unpaired) electrons. The summed E-state index contributed by atoms with van der Waals surface area (Å²) in [7, 11) is 0. The molecule has 1 heterocycles. The summed E-state index contributed by atoms with van der Waals surface area (Å²) in [6, 6.07) is 5.43. The average molecular weight is 241 g/mol. The zero-order valence-corrected chi connectivity index (χ0v) is 9.60. The summed E-state index contributed by atoms with van der Waals surface area (Å²) >= 11 is 7.14. The lowest BCUT2D eigenvalue weighted by Crippen LogP contribution is -1.86. The quantitative estimate of drug-likeness (QED) is 0.874. The van der Waals surface area contributed by atoms with Crippen molar-refractivity contribution in [1.82, 2.24) is 4.98 Å². The molecule has 2 N–H and O–H groups in total. The van der Waals surface area contributed by atoms with Gasteiger partial charge in [-0.05, 0) is 30.7 Å². The Morgan fingerprint density at radius 2 is 2.27 bits per heavy atom. The monoisotopic (exact) mass is 240 g/mol. The Balaban J connectivity index is 2.24. The molecule has 0 bridgehead atoms. The maximum atomic E-state index is 5.84. The normalized spacial score (nSPS) is 10.3. The van der Waals surface area contributed by atoms with Gasteiger partial charge in [0.25, 0.3) is 5.19 Å². The van der Waals surface area contributed by atoms with E-state index < -0.39 is 0 Å². The summed E-state index contributed by atoms with van der Waals surface area (Å²) in [5.74, 6) is 0.744. The van der Waals surface area contributed by atoms with Crippen molar-refractivity contribution >= 4 is 27.9 Å². The number of aryl methyl sites for hydroxylation is 1. The average Bonchev–Trinajstić information content (AvgIpc) is 2.56. The van der Waals surface area contributed by atoms with Crippen molar-refractivity contribution in [2.45, 2.75) is 6.92 Å². The number of nitrogens with two attached hydrogens (primary N) is 1. The Morgan fingerprint density at radius 1 is 1.47 bits per heavy atom. The van der Waals surface area contributed by atoms with Crippen molar-refractivity contribution in [3.05, 3.63) is 35.0 Å². The van der Waals surface area contributed by atoms with Crippen LogP contribution in [0.15, 0.2) is 24.4 Å². The summed E-state index contributed by atoms with van der Waals surface area (Å²) in [5, 5.41) is 1.87. The van der Waals surface area contributed by atoms with E-state index in [1.54, 1.807) is 12.3 Å². The fourth-order valence-corrected chi connectivity index (χ4v) is 1.91. The number of rotatable bonds is 2. The van der Waals surface area contributed by atoms with Gasteiger partial charge in [-0.1, -0.05) is 22.9 Å². The van der Waals surface area contributed by atoms with Crippen molar-refractivity contribution in [2.24, 2.45) is 0 Å². The molecule has 0 aliphatic heterocycles. The molecule has 2 aromatic rings. The van der Waals surface area contributed by atoms with Crippen LogP contribution in [0.25, 0.3) is 0 Å². The third-order valence-electron chi connectivity index (χ3n) is 1.84. The van der Waals surface area contributed by atoms with E-state index >= 15 is 0 Å². The first-order valence-corrected chi connectivity index (χ1v) is 5.50. The molecule has 0 amide bonds. The lowest BCUT2D eigenvalue weighted by atomic mass is 10.2. The molecule has 0 unspecified atom stereocenters. The minimum absolute atomic E-state index is 0.540. The van der Waals surface area contributed by atoms with Gasteiger partial charge in [0, 0.05) is 5.02 Å². The van der Waals surface area contributed by atoms with Crippen LogP contribution in [0.1, 0.15) is 5.56 Å². The Hall–Kier alpha value is -1.26. The van der Waals surface area contributed by atoms with Crippen LogP contribution < -0.4 is 10.5 Å². The number of hydrogen-bond acceptors (Lipinski definition) is 4. The molecule has 5 heteroatoms. The Bertz CT molecular complexity index is 484. The molecular formula is C10H9ClN2OS. The van der Waals surface area contributed by atoms with Crippen LogP contribution in [0.5, 0.6) is 10.9 Å². The number of benzene rings is 1. The second-order valence-corrected chi connectivity index (χ2v) is 4.50. The van der Waals surface area contributed by atoms with Gasteiger partial charge in [-0.2, -0.15) is 0 Å². The summed E-state index contributed by atoms with van der Waals surface area (Å²) in [6.45, 7) is 1.93. The molecule has 0 saturated heterocycles. The summed E-state index contributed by atoms with van der Waals surface area (Å²) in [4.78, 5) is 4.01. The molecule has 0 saturated carbocycles. The SMILES string of the molecule is Cc1cc(Cl)ccc1Oc1ncc(N)s1. The van der Waals surface area contributed by atoms with Gasteiger partial charge in [0.15, 0.2) is 0 Å². The third kappa shape index (κ3) is 2.40. The molecule has 15 heavy (non-hydrogen) atoms. The van der Waals surface area contributed by atoms with Gasteiger partial charge in [0.1, 0.15) is 10.8 Å². The third-order valence-corrected chi connectivity index (χ3v) is 2.78. The second-order valence-electron chi connectivity index (χ2n) is 3.04. The summed E-state index contributed by atoms with van der Waals surface area (Å²) in [6.07, 6.45) is 1.57. The minimum Gasteiger partial charge on any atom is -0.431 e. The lowest BCUT2D eigenvalue weighted by Gasteiger charge is -2.05. The highest BCUT2D eigenvalue weighted by Crippen LogP contribution is 2.30. The Morgan fingerprint density at radius 3 is 2.87 bits per heavy atom. The lowest BCUT2D eigenvalue weighted by molar-refractivity contribution is 0.475. The van der Waals surface area contributed by atoms with Gasteiger partial charge in [0.2, 0.25) is 0 Å². The van der Waals surface area contributed by atoms with Crippen LogP contribution in [0.4, 0.5) is 5.00 Å². The van der Waals surface area contributed by atoms with Gasteiger partial charge in [-0.3, -0.25) is 0 Å².